The van der Waals surface area contributed by atoms with E-state index in [4.69, 9.17) is 0 Å². The average Bonchev–Trinajstić information content (AvgIpc) is 3.49. The number of carbonyl (C=O) groups is 1. The number of aromatic nitrogens is 2. The van der Waals surface area contributed by atoms with Crippen molar-refractivity contribution in [1.82, 2.24) is 14.9 Å². The third-order valence-electron chi connectivity index (χ3n) is 5.51. The molecule has 0 bridgehead atoms. The third kappa shape index (κ3) is 2.03. The highest BCUT2D eigenvalue weighted by molar-refractivity contribution is 6.02. The van der Waals surface area contributed by atoms with Crippen LogP contribution in [0.2, 0.25) is 0 Å². The highest BCUT2D eigenvalue weighted by Gasteiger charge is 2.53. The Morgan fingerprint density at radius 1 is 1.08 bits per heavy atom. The van der Waals surface area contributed by atoms with Gasteiger partial charge in [-0.15, -0.1) is 0 Å². The van der Waals surface area contributed by atoms with Gasteiger partial charge in [-0.2, -0.15) is 0 Å². The normalized spacial score (nSPS) is 16.8. The molecular formula is C21H16FN3O. The predicted molar refractivity (Wildman–Crippen MR) is 95.9 cm³/mol. The number of halogens is 1. The zero-order valence-corrected chi connectivity index (χ0v) is 14.2. The van der Waals surface area contributed by atoms with Crippen molar-refractivity contribution in [1.29, 1.82) is 0 Å². The number of benzene rings is 1. The molecule has 5 heteroatoms. The van der Waals surface area contributed by atoms with Gasteiger partial charge in [0.1, 0.15) is 11.5 Å². The Labute approximate surface area is 150 Å². The molecule has 0 radical (unpaired) electrons. The topological polar surface area (TPSA) is 46.1 Å². The Bertz CT molecular complexity index is 1040. The zero-order chi connectivity index (χ0) is 17.9. The Hall–Kier alpha value is -3.08. The smallest absolute Gasteiger partial charge is 0.273 e. The number of hydrogen-bond acceptors (Lipinski definition) is 3. The van der Waals surface area contributed by atoms with Crippen LogP contribution >= 0.6 is 0 Å². The van der Waals surface area contributed by atoms with Crippen LogP contribution in [0, 0.1) is 5.82 Å². The molecule has 1 spiro atoms. The minimum atomic E-state index is -0.359. The van der Waals surface area contributed by atoms with E-state index in [0.29, 0.717) is 11.4 Å². The van der Waals surface area contributed by atoms with E-state index in [-0.39, 0.29) is 17.3 Å². The van der Waals surface area contributed by atoms with Gasteiger partial charge in [-0.1, -0.05) is 18.2 Å². The van der Waals surface area contributed by atoms with Crippen molar-refractivity contribution in [3.05, 3.63) is 71.9 Å². The Morgan fingerprint density at radius 3 is 2.65 bits per heavy atom. The van der Waals surface area contributed by atoms with E-state index in [1.165, 1.54) is 12.3 Å². The van der Waals surface area contributed by atoms with Gasteiger partial charge in [0.15, 0.2) is 0 Å². The summed E-state index contributed by atoms with van der Waals surface area (Å²) in [6.45, 7) is 0. The van der Waals surface area contributed by atoms with Crippen molar-refractivity contribution >= 4 is 5.91 Å². The minimum absolute atomic E-state index is 0.0456. The first-order valence-corrected chi connectivity index (χ1v) is 8.60. The molecule has 1 amide bonds. The first-order valence-electron chi connectivity index (χ1n) is 8.60. The lowest BCUT2D eigenvalue weighted by Gasteiger charge is -2.27. The van der Waals surface area contributed by atoms with Crippen molar-refractivity contribution in [3.8, 4) is 22.4 Å². The van der Waals surface area contributed by atoms with Crippen LogP contribution in [0.25, 0.3) is 22.4 Å². The monoisotopic (exact) mass is 345 g/mol. The molecule has 1 aromatic carbocycles. The Kier molecular flexibility index (Phi) is 3.04. The summed E-state index contributed by atoms with van der Waals surface area (Å²) in [4.78, 5) is 23.3. The number of carbonyl (C=O) groups excluding carboxylic acids is 1. The molecule has 3 aromatic rings. The molecular weight excluding hydrogens is 329 g/mol. The van der Waals surface area contributed by atoms with Crippen LogP contribution in [0.5, 0.6) is 0 Å². The molecule has 0 atom stereocenters. The fraction of sp³-hybridized carbons (Fsp3) is 0.190. The van der Waals surface area contributed by atoms with Gasteiger partial charge < -0.3 is 4.90 Å². The van der Waals surface area contributed by atoms with Crippen molar-refractivity contribution in [3.63, 3.8) is 0 Å². The van der Waals surface area contributed by atoms with Crippen molar-refractivity contribution < 1.29 is 9.18 Å². The summed E-state index contributed by atoms with van der Waals surface area (Å²) in [6, 6.07) is 13.0. The summed E-state index contributed by atoms with van der Waals surface area (Å²) in [5.74, 6) is -0.405. The first kappa shape index (κ1) is 15.2. The van der Waals surface area contributed by atoms with Gasteiger partial charge in [0, 0.05) is 24.4 Å². The van der Waals surface area contributed by atoms with Crippen molar-refractivity contribution in [2.45, 2.75) is 18.4 Å². The van der Waals surface area contributed by atoms with Crippen molar-refractivity contribution in [2.24, 2.45) is 0 Å². The molecule has 0 N–H and O–H groups in total. The maximum absolute atomic E-state index is 13.2. The van der Waals surface area contributed by atoms with E-state index in [0.717, 1.165) is 35.1 Å². The summed E-state index contributed by atoms with van der Waals surface area (Å²) in [6.07, 6.45) is 4.77. The SMILES string of the molecule is CN1C(=O)c2ncccc2-c2cc(-c3ccc(F)cn3)ccc2C12CC2. The van der Waals surface area contributed by atoms with Gasteiger partial charge in [0.2, 0.25) is 0 Å². The Balaban J connectivity index is 1.77. The van der Waals surface area contributed by atoms with Crippen LogP contribution in [0.1, 0.15) is 28.9 Å². The first-order chi connectivity index (χ1) is 12.6. The van der Waals surface area contributed by atoms with Crippen LogP contribution in [0.15, 0.2) is 54.9 Å². The molecule has 1 aliphatic heterocycles. The number of fused-ring (bicyclic) bond motifs is 4. The van der Waals surface area contributed by atoms with E-state index in [1.54, 1.807) is 12.3 Å². The second kappa shape index (κ2) is 5.21. The van der Waals surface area contributed by atoms with E-state index in [1.807, 2.05) is 36.2 Å². The summed E-state index contributed by atoms with van der Waals surface area (Å²) in [5.41, 5.74) is 4.82. The van der Waals surface area contributed by atoms with Crippen LogP contribution < -0.4 is 0 Å². The van der Waals surface area contributed by atoms with Crippen LogP contribution in [-0.4, -0.2) is 27.8 Å². The molecule has 1 fully saturated rings. The van der Waals surface area contributed by atoms with E-state index in [9.17, 15) is 9.18 Å². The van der Waals surface area contributed by atoms with E-state index in [2.05, 4.69) is 16.0 Å². The standard InChI is InChI=1S/C21H16FN3O/c1-25-20(26)19-15(3-2-10-23-19)16-11-13(18-7-5-14(22)12-24-18)4-6-17(16)21(25)8-9-21/h2-7,10-12H,8-9H2,1H3. The lowest BCUT2D eigenvalue weighted by atomic mass is 9.91. The molecule has 2 aromatic heterocycles. The maximum atomic E-state index is 13.2. The molecule has 1 saturated carbocycles. The highest BCUT2D eigenvalue weighted by Crippen LogP contribution is 2.55. The lowest BCUT2D eigenvalue weighted by Crippen LogP contribution is -2.36. The van der Waals surface area contributed by atoms with Gasteiger partial charge in [0.25, 0.3) is 5.91 Å². The quantitative estimate of drug-likeness (QED) is 0.669. The highest BCUT2D eigenvalue weighted by atomic mass is 19.1. The average molecular weight is 345 g/mol. The second-order valence-corrected chi connectivity index (χ2v) is 6.92. The van der Waals surface area contributed by atoms with Crippen LogP contribution in [0.3, 0.4) is 0 Å². The summed E-state index contributed by atoms with van der Waals surface area (Å²) < 4.78 is 13.2. The fourth-order valence-corrected chi connectivity index (χ4v) is 3.93. The summed E-state index contributed by atoms with van der Waals surface area (Å²) in [7, 11) is 1.86. The van der Waals surface area contributed by atoms with E-state index < -0.39 is 0 Å². The molecule has 3 heterocycles. The van der Waals surface area contributed by atoms with E-state index >= 15 is 0 Å². The molecule has 1 aliphatic carbocycles. The molecule has 26 heavy (non-hydrogen) atoms. The molecule has 0 unspecified atom stereocenters. The largest absolute Gasteiger partial charge is 0.331 e. The number of rotatable bonds is 1. The minimum Gasteiger partial charge on any atom is -0.331 e. The number of pyridine rings is 2. The number of hydrogen-bond donors (Lipinski definition) is 0. The third-order valence-corrected chi connectivity index (χ3v) is 5.51. The van der Waals surface area contributed by atoms with Gasteiger partial charge in [0.05, 0.1) is 17.4 Å². The maximum Gasteiger partial charge on any atom is 0.273 e. The van der Waals surface area contributed by atoms with Crippen LogP contribution in [-0.2, 0) is 5.54 Å². The Morgan fingerprint density at radius 2 is 1.92 bits per heavy atom. The van der Waals surface area contributed by atoms with Gasteiger partial charge in [-0.25, -0.2) is 4.39 Å². The van der Waals surface area contributed by atoms with Crippen molar-refractivity contribution in [2.75, 3.05) is 7.05 Å². The lowest BCUT2D eigenvalue weighted by molar-refractivity contribution is 0.0704. The molecule has 0 saturated heterocycles. The predicted octanol–water partition coefficient (Wildman–Crippen LogP) is 4.02. The summed E-state index contributed by atoms with van der Waals surface area (Å²) in [5, 5.41) is 0. The summed E-state index contributed by atoms with van der Waals surface area (Å²) >= 11 is 0. The second-order valence-electron chi connectivity index (χ2n) is 6.92. The van der Waals surface area contributed by atoms with Crippen LogP contribution in [0.4, 0.5) is 4.39 Å². The van der Waals surface area contributed by atoms with Gasteiger partial charge in [-0.05, 0) is 48.2 Å². The van der Waals surface area contributed by atoms with Gasteiger partial charge in [-0.3, -0.25) is 14.8 Å². The molecule has 4 nitrogen and oxygen atoms in total. The molecule has 128 valence electrons. The van der Waals surface area contributed by atoms with Gasteiger partial charge >= 0.3 is 0 Å². The number of nitrogens with zero attached hydrogens (tertiary/aromatic N) is 3. The number of amides is 1. The fourth-order valence-electron chi connectivity index (χ4n) is 3.93. The molecule has 2 aliphatic rings. The zero-order valence-electron chi connectivity index (χ0n) is 14.2. The molecule has 5 rings (SSSR count).